The summed E-state index contributed by atoms with van der Waals surface area (Å²) in [6.07, 6.45) is 0. The van der Waals surface area contributed by atoms with Gasteiger partial charge in [0.25, 0.3) is 0 Å². The molecule has 1 rings (SSSR count). The molecule has 20 heavy (non-hydrogen) atoms. The van der Waals surface area contributed by atoms with Crippen LogP contribution in [0.5, 0.6) is 0 Å². The topological polar surface area (TPSA) is 93.9 Å². The zero-order valence-electron chi connectivity index (χ0n) is 12.3. The SMILES string of the molecule is CC(=O)Nc1ccc(C(=O)[O-])cc1.CC(CO)[NH+](C)C. The molecule has 1 aromatic rings. The molecule has 0 saturated heterocycles. The minimum absolute atomic E-state index is 0.0918. The van der Waals surface area contributed by atoms with Gasteiger partial charge in [0, 0.05) is 12.6 Å². The maximum atomic E-state index is 10.6. The van der Waals surface area contributed by atoms with Gasteiger partial charge in [0.2, 0.25) is 5.91 Å². The Bertz CT molecular complexity index is 429. The fourth-order valence-corrected chi connectivity index (χ4v) is 1.08. The number of carbonyl (C=O) groups is 2. The number of rotatable bonds is 4. The number of benzene rings is 1. The van der Waals surface area contributed by atoms with Crippen molar-refractivity contribution in [3.8, 4) is 0 Å². The first-order valence-corrected chi connectivity index (χ1v) is 6.27. The van der Waals surface area contributed by atoms with Gasteiger partial charge >= 0.3 is 0 Å². The molecule has 0 aliphatic carbocycles. The maximum Gasteiger partial charge on any atom is 0.221 e. The number of quaternary nitrogens is 1. The zero-order valence-corrected chi connectivity index (χ0v) is 12.3. The van der Waals surface area contributed by atoms with E-state index in [1.54, 1.807) is 0 Å². The van der Waals surface area contributed by atoms with Gasteiger partial charge in [-0.15, -0.1) is 0 Å². The molecule has 1 atom stereocenters. The number of aliphatic hydroxyl groups excluding tert-OH is 1. The quantitative estimate of drug-likeness (QED) is 0.628. The van der Waals surface area contributed by atoms with E-state index in [0.29, 0.717) is 11.7 Å². The van der Waals surface area contributed by atoms with Gasteiger partial charge in [-0.3, -0.25) is 4.79 Å². The van der Waals surface area contributed by atoms with Gasteiger partial charge < -0.3 is 25.2 Å². The second-order valence-electron chi connectivity index (χ2n) is 4.71. The molecule has 3 N–H and O–H groups in total. The largest absolute Gasteiger partial charge is 0.545 e. The van der Waals surface area contributed by atoms with E-state index in [1.165, 1.54) is 36.1 Å². The lowest BCUT2D eigenvalue weighted by molar-refractivity contribution is -0.884. The summed E-state index contributed by atoms with van der Waals surface area (Å²) in [5.41, 5.74) is 0.659. The summed E-state index contributed by atoms with van der Waals surface area (Å²) in [6.45, 7) is 3.67. The molecular formula is C14H22N2O4. The van der Waals surface area contributed by atoms with Gasteiger partial charge in [0.05, 0.1) is 26.7 Å². The van der Waals surface area contributed by atoms with Crippen LogP contribution in [0.4, 0.5) is 5.69 Å². The van der Waals surface area contributed by atoms with Crippen LogP contribution in [0.15, 0.2) is 24.3 Å². The third-order valence-electron chi connectivity index (χ3n) is 2.70. The van der Waals surface area contributed by atoms with Gasteiger partial charge in [-0.05, 0) is 24.6 Å². The van der Waals surface area contributed by atoms with Crippen LogP contribution in [0.1, 0.15) is 24.2 Å². The summed E-state index contributed by atoms with van der Waals surface area (Å²) in [7, 11) is 4.06. The molecule has 6 nitrogen and oxygen atoms in total. The first-order chi connectivity index (χ1) is 9.27. The molecule has 0 radical (unpaired) electrons. The minimum atomic E-state index is -1.23. The fraction of sp³-hybridized carbons (Fsp3) is 0.429. The highest BCUT2D eigenvalue weighted by molar-refractivity contribution is 5.90. The first-order valence-electron chi connectivity index (χ1n) is 6.27. The number of anilines is 1. The Morgan fingerprint density at radius 2 is 1.80 bits per heavy atom. The Kier molecular flexibility index (Phi) is 8.19. The first kappa shape index (κ1) is 18.1. The van der Waals surface area contributed by atoms with Crippen molar-refractivity contribution >= 4 is 17.6 Å². The number of carbonyl (C=O) groups excluding carboxylic acids is 2. The number of hydrogen-bond donors (Lipinski definition) is 3. The van der Waals surface area contributed by atoms with Crippen molar-refractivity contribution in [1.82, 2.24) is 0 Å². The lowest BCUT2D eigenvalue weighted by Crippen LogP contribution is -3.10. The van der Waals surface area contributed by atoms with E-state index in [9.17, 15) is 14.7 Å². The predicted molar refractivity (Wildman–Crippen MR) is 74.4 cm³/mol. The van der Waals surface area contributed by atoms with Crippen LogP contribution in [0, 0.1) is 0 Å². The number of carboxylic acid groups (broad SMARTS) is 1. The number of hydrogen-bond acceptors (Lipinski definition) is 4. The summed E-state index contributed by atoms with van der Waals surface area (Å²) < 4.78 is 0. The summed E-state index contributed by atoms with van der Waals surface area (Å²) in [4.78, 5) is 22.2. The summed E-state index contributed by atoms with van der Waals surface area (Å²) in [5, 5.41) is 21.3. The van der Waals surface area contributed by atoms with Crippen LogP contribution in [-0.2, 0) is 4.79 Å². The van der Waals surface area contributed by atoms with Crippen LogP contribution in [0.3, 0.4) is 0 Å². The van der Waals surface area contributed by atoms with E-state index in [-0.39, 0.29) is 18.1 Å². The van der Waals surface area contributed by atoms with Crippen LogP contribution >= 0.6 is 0 Å². The van der Waals surface area contributed by atoms with E-state index >= 15 is 0 Å². The fourth-order valence-electron chi connectivity index (χ4n) is 1.08. The van der Waals surface area contributed by atoms with Crippen molar-refractivity contribution in [3.05, 3.63) is 29.8 Å². The van der Waals surface area contributed by atoms with Crippen LogP contribution in [0.2, 0.25) is 0 Å². The molecule has 0 aliphatic rings. The van der Waals surface area contributed by atoms with Gasteiger partial charge in [-0.1, -0.05) is 12.1 Å². The van der Waals surface area contributed by atoms with E-state index < -0.39 is 5.97 Å². The molecule has 0 saturated carbocycles. The van der Waals surface area contributed by atoms with E-state index in [2.05, 4.69) is 5.32 Å². The highest BCUT2D eigenvalue weighted by atomic mass is 16.4. The number of likely N-dealkylation sites (N-methyl/N-ethyl adjacent to an activating group) is 1. The van der Waals surface area contributed by atoms with Crippen LogP contribution in [-0.4, -0.2) is 43.7 Å². The molecule has 0 fully saturated rings. The van der Waals surface area contributed by atoms with Crippen molar-refractivity contribution in [2.45, 2.75) is 19.9 Å². The van der Waals surface area contributed by atoms with Gasteiger partial charge in [0.15, 0.2) is 0 Å². The molecular weight excluding hydrogens is 260 g/mol. The number of aliphatic hydroxyl groups is 1. The molecule has 0 aromatic heterocycles. The minimum Gasteiger partial charge on any atom is -0.545 e. The maximum absolute atomic E-state index is 10.6. The average molecular weight is 282 g/mol. The molecule has 112 valence electrons. The third-order valence-corrected chi connectivity index (χ3v) is 2.70. The van der Waals surface area contributed by atoms with Crippen LogP contribution in [0.25, 0.3) is 0 Å². The summed E-state index contributed by atoms with van der Waals surface area (Å²) in [5.74, 6) is -1.42. The summed E-state index contributed by atoms with van der Waals surface area (Å²) >= 11 is 0. The lowest BCUT2D eigenvalue weighted by atomic mass is 10.2. The van der Waals surface area contributed by atoms with Gasteiger partial charge in [-0.2, -0.15) is 0 Å². The Morgan fingerprint density at radius 1 is 1.30 bits per heavy atom. The molecule has 1 amide bonds. The normalized spacial score (nSPS) is 11.3. The molecule has 1 aromatic carbocycles. The zero-order chi connectivity index (χ0) is 15.7. The molecule has 6 heteroatoms. The third kappa shape index (κ3) is 7.50. The Balaban J connectivity index is 0.000000441. The van der Waals surface area contributed by atoms with E-state index in [0.717, 1.165) is 0 Å². The highest BCUT2D eigenvalue weighted by Crippen LogP contribution is 2.08. The molecule has 1 unspecified atom stereocenters. The number of aromatic carboxylic acids is 1. The van der Waals surface area contributed by atoms with Gasteiger partial charge in [0.1, 0.15) is 6.04 Å². The number of carboxylic acids is 1. The van der Waals surface area contributed by atoms with Crippen molar-refractivity contribution in [2.75, 3.05) is 26.0 Å². The van der Waals surface area contributed by atoms with Gasteiger partial charge in [-0.25, -0.2) is 0 Å². The highest BCUT2D eigenvalue weighted by Gasteiger charge is 2.02. The lowest BCUT2D eigenvalue weighted by Gasteiger charge is -2.12. The second-order valence-corrected chi connectivity index (χ2v) is 4.71. The molecule has 0 heterocycles. The monoisotopic (exact) mass is 282 g/mol. The van der Waals surface area contributed by atoms with Crippen molar-refractivity contribution < 1.29 is 24.7 Å². The van der Waals surface area contributed by atoms with E-state index in [4.69, 9.17) is 5.11 Å². The van der Waals surface area contributed by atoms with Crippen molar-refractivity contribution in [3.63, 3.8) is 0 Å². The Hall–Kier alpha value is -1.92. The summed E-state index contributed by atoms with van der Waals surface area (Å²) in [6, 6.07) is 6.14. The van der Waals surface area contributed by atoms with Crippen LogP contribution < -0.4 is 15.3 Å². The standard InChI is InChI=1S/C9H9NO3.C5H13NO/c1-6(11)10-8-4-2-7(3-5-8)9(12)13;1-5(4-7)6(2)3/h2-5H,1H3,(H,10,11)(H,12,13);5,7H,4H2,1-3H3. The molecule has 0 aliphatic heterocycles. The predicted octanol–water partition coefficient (Wildman–Crippen LogP) is -1.48. The number of amides is 1. The molecule has 0 bridgehead atoms. The van der Waals surface area contributed by atoms with Crippen molar-refractivity contribution in [2.24, 2.45) is 0 Å². The Labute approximate surface area is 119 Å². The smallest absolute Gasteiger partial charge is 0.221 e. The average Bonchev–Trinajstić information content (AvgIpc) is 2.38. The second kappa shape index (κ2) is 9.06. The van der Waals surface area contributed by atoms with E-state index in [1.807, 2.05) is 21.0 Å². The molecule has 0 spiro atoms. The Morgan fingerprint density at radius 3 is 2.05 bits per heavy atom. The van der Waals surface area contributed by atoms with Crippen molar-refractivity contribution in [1.29, 1.82) is 0 Å². The number of nitrogens with one attached hydrogen (secondary N) is 2.